The summed E-state index contributed by atoms with van der Waals surface area (Å²) in [5, 5.41) is 0.958. The molecule has 73 heavy (non-hydrogen) atoms. The van der Waals surface area contributed by atoms with Gasteiger partial charge in [-0.15, -0.1) is 0 Å². The minimum absolute atomic E-state index is 0.958. The van der Waals surface area contributed by atoms with E-state index in [1.807, 2.05) is 23.5 Å². The van der Waals surface area contributed by atoms with Gasteiger partial charge in [-0.25, -0.2) is 0 Å². The van der Waals surface area contributed by atoms with Crippen LogP contribution in [0.2, 0.25) is 0 Å². The van der Waals surface area contributed by atoms with Crippen molar-refractivity contribution in [1.29, 1.82) is 0 Å². The van der Waals surface area contributed by atoms with Gasteiger partial charge in [0.25, 0.3) is 0 Å². The molecule has 0 heterocycles. The summed E-state index contributed by atoms with van der Waals surface area (Å²) in [4.78, 5) is 5.21. The summed E-state index contributed by atoms with van der Waals surface area (Å²) in [6.07, 6.45) is 79.3. The molecule has 0 rings (SSSR count). The molecule has 0 aromatic rings. The summed E-state index contributed by atoms with van der Waals surface area (Å²) >= 11 is 16.3. The van der Waals surface area contributed by atoms with Gasteiger partial charge in [0.15, 0.2) is 0 Å². The molecule has 0 aromatic heterocycles. The lowest BCUT2D eigenvalue weighted by Gasteiger charge is -2.27. The van der Waals surface area contributed by atoms with Crippen LogP contribution in [0.3, 0.4) is 0 Å². The second-order valence-electron chi connectivity index (χ2n) is 23.3. The van der Waals surface area contributed by atoms with E-state index in [1.165, 1.54) is 360 Å². The van der Waals surface area contributed by atoms with Crippen LogP contribution in [0.25, 0.3) is 0 Å². The van der Waals surface area contributed by atoms with Gasteiger partial charge in [0.1, 0.15) is 8.64 Å². The van der Waals surface area contributed by atoms with E-state index in [2.05, 4.69) is 37.5 Å². The Labute approximate surface area is 481 Å². The fourth-order valence-corrected chi connectivity index (χ4v) is 13.9. The molecule has 0 unspecified atom stereocenters. The van der Waals surface area contributed by atoms with Crippen molar-refractivity contribution in [3.8, 4) is 0 Å². The van der Waals surface area contributed by atoms with Gasteiger partial charge in [0.05, 0.1) is 5.08 Å². The van der Waals surface area contributed by atoms with Gasteiger partial charge in [0, 0.05) is 26.2 Å². The van der Waals surface area contributed by atoms with E-state index in [9.17, 15) is 0 Å². The highest BCUT2D eigenvalue weighted by Crippen LogP contribution is 2.24. The zero-order valence-corrected chi connectivity index (χ0v) is 53.9. The number of thiocarbonyl (C=S) groups is 2. The van der Waals surface area contributed by atoms with Crippen molar-refractivity contribution in [3.63, 3.8) is 0 Å². The molecule has 0 spiro atoms. The number of nitrogens with zero attached hydrogens (tertiary/aromatic N) is 2. The van der Waals surface area contributed by atoms with Crippen molar-refractivity contribution in [2.45, 2.75) is 387 Å². The van der Waals surface area contributed by atoms with E-state index >= 15 is 0 Å². The largest absolute Gasteiger partial charge is 0.358 e. The van der Waals surface area contributed by atoms with Crippen molar-refractivity contribution in [1.82, 2.24) is 9.80 Å². The quantitative estimate of drug-likeness (QED) is 0.0338. The number of hydrogen-bond acceptors (Lipinski definition) is 4. The molecular weight excluding hydrogens is 961 g/mol. The van der Waals surface area contributed by atoms with Crippen molar-refractivity contribution < 1.29 is 0 Å². The molecule has 0 saturated heterocycles. The van der Waals surface area contributed by atoms with Crippen LogP contribution in [0, 0.1) is 0 Å². The Balaban J connectivity index is 4.90. The summed E-state index contributed by atoms with van der Waals surface area (Å²) in [6.45, 7) is 13.8. The molecule has 0 aromatic carbocycles. The third-order valence-electron chi connectivity index (χ3n) is 16.0. The van der Waals surface area contributed by atoms with Gasteiger partial charge >= 0.3 is 0 Å². The fourth-order valence-electron chi connectivity index (χ4n) is 10.9. The Morgan fingerprint density at radius 1 is 0.205 bits per heavy atom. The smallest absolute Gasteiger partial charge is 0.137 e. The summed E-state index contributed by atoms with van der Waals surface area (Å²) in [7, 11) is 0. The minimum Gasteiger partial charge on any atom is -0.358 e. The second-order valence-corrected chi connectivity index (χ2v) is 26.9. The molecule has 6 heteroatoms. The minimum atomic E-state index is 0.958. The van der Waals surface area contributed by atoms with E-state index < -0.39 is 0 Å². The molecule has 0 amide bonds. The van der Waals surface area contributed by atoms with Crippen LogP contribution in [0.5, 0.6) is 0 Å². The number of thioether (sulfide) groups is 2. The van der Waals surface area contributed by atoms with E-state index in [1.54, 1.807) is 0 Å². The molecule has 0 N–H and O–H groups in total. The number of rotatable bonds is 62. The summed E-state index contributed by atoms with van der Waals surface area (Å²) in [6, 6.07) is 0. The first-order valence-corrected chi connectivity index (χ1v) is 36.7. The molecule has 0 fully saturated rings. The van der Waals surface area contributed by atoms with E-state index in [0.717, 1.165) is 39.9 Å². The molecule has 0 radical (unpaired) electrons. The Bertz CT molecular complexity index is 910. The van der Waals surface area contributed by atoms with Gasteiger partial charge < -0.3 is 9.80 Å². The molecule has 0 bridgehead atoms. The Kier molecular flexibility index (Phi) is 65.4. The van der Waals surface area contributed by atoms with Crippen LogP contribution in [0.15, 0.2) is 0 Å². The first-order valence-electron chi connectivity index (χ1n) is 33.9. The van der Waals surface area contributed by atoms with Gasteiger partial charge in [-0.05, 0) is 25.7 Å². The van der Waals surface area contributed by atoms with E-state index in [0.29, 0.717) is 0 Å². The first kappa shape index (κ1) is 73.5. The maximum atomic E-state index is 6.25. The molecule has 0 aliphatic heterocycles. The first-order chi connectivity index (χ1) is 36.1. The van der Waals surface area contributed by atoms with Gasteiger partial charge in [-0.1, -0.05) is 410 Å². The van der Waals surface area contributed by atoms with Gasteiger partial charge in [-0.2, -0.15) is 0 Å². The zero-order chi connectivity index (χ0) is 52.9. The topological polar surface area (TPSA) is 6.48 Å². The molecule has 2 nitrogen and oxygen atoms in total. The standard InChI is InChI=1S/C67H134N2S4/c1-5-9-13-17-21-25-29-33-37-41-45-49-53-57-61-68(62-58-54-50-46-42-38-34-30-26-22-18-14-10-6-2)66(70)72-65-73-67(71)69(63-59-55-51-47-43-39-35-31-27-23-19-15-11-7-3)64-60-56-52-48-44-40-36-32-28-24-20-16-12-8-4/h5-65H2,1-4H3. The number of hydrogen-bond donors (Lipinski definition) is 0. The van der Waals surface area contributed by atoms with Crippen molar-refractivity contribution in [3.05, 3.63) is 0 Å². The predicted molar refractivity (Wildman–Crippen MR) is 350 cm³/mol. The normalized spacial score (nSPS) is 11.6. The SMILES string of the molecule is CCCCCCCCCCCCCCCCN(CCCCCCCCCCCCCCCC)C(=S)SCSC(=S)N(CCCCCCCCCCCCCCCC)CCCCCCCCCCCCCCCC. The summed E-state index contributed by atoms with van der Waals surface area (Å²) in [5.74, 6) is 0. The maximum Gasteiger partial charge on any atom is 0.137 e. The third kappa shape index (κ3) is 58.5. The Morgan fingerprint density at radius 3 is 0.466 bits per heavy atom. The molecule has 436 valence electrons. The summed E-state index contributed by atoms with van der Waals surface area (Å²) < 4.78 is 2.26. The molecular formula is C67H134N2S4. The van der Waals surface area contributed by atoms with Gasteiger partial charge in [0.2, 0.25) is 0 Å². The van der Waals surface area contributed by atoms with Crippen LogP contribution in [0.4, 0.5) is 0 Å². The lowest BCUT2D eigenvalue weighted by Crippen LogP contribution is -2.31. The maximum absolute atomic E-state index is 6.25. The van der Waals surface area contributed by atoms with Crippen LogP contribution < -0.4 is 0 Å². The van der Waals surface area contributed by atoms with Crippen molar-refractivity contribution in [2.24, 2.45) is 0 Å². The average Bonchev–Trinajstić information content (AvgIpc) is 3.39. The van der Waals surface area contributed by atoms with E-state index in [4.69, 9.17) is 24.4 Å². The van der Waals surface area contributed by atoms with Crippen LogP contribution in [-0.4, -0.2) is 49.7 Å². The highest BCUT2D eigenvalue weighted by Gasteiger charge is 2.14. The highest BCUT2D eigenvalue weighted by atomic mass is 32.2. The van der Waals surface area contributed by atoms with Crippen LogP contribution >= 0.6 is 48.0 Å². The lowest BCUT2D eigenvalue weighted by atomic mass is 10.0. The monoisotopic (exact) mass is 1090 g/mol. The number of unbranched alkanes of at least 4 members (excludes halogenated alkanes) is 52. The molecule has 0 aliphatic carbocycles. The van der Waals surface area contributed by atoms with Crippen LogP contribution in [0.1, 0.15) is 387 Å². The van der Waals surface area contributed by atoms with Crippen LogP contribution in [-0.2, 0) is 0 Å². The predicted octanol–water partition coefficient (Wildman–Crippen LogP) is 25.5. The van der Waals surface area contributed by atoms with Crippen molar-refractivity contribution >= 4 is 56.6 Å². The average molecular weight is 1100 g/mol. The zero-order valence-electron chi connectivity index (χ0n) is 50.7. The Morgan fingerprint density at radius 2 is 0.329 bits per heavy atom. The molecule has 0 atom stereocenters. The third-order valence-corrected chi connectivity index (χ3v) is 19.2. The second kappa shape index (κ2) is 65.0. The van der Waals surface area contributed by atoms with Crippen molar-refractivity contribution in [2.75, 3.05) is 31.3 Å². The fraction of sp³-hybridized carbons (Fsp3) is 0.970. The summed E-state index contributed by atoms with van der Waals surface area (Å²) in [5.41, 5.74) is 0. The molecule has 0 saturated carbocycles. The Hall–Kier alpha value is 0.480. The van der Waals surface area contributed by atoms with Gasteiger partial charge in [-0.3, -0.25) is 0 Å². The van der Waals surface area contributed by atoms with E-state index in [-0.39, 0.29) is 0 Å². The highest BCUT2D eigenvalue weighted by molar-refractivity contribution is 8.35. The molecule has 0 aliphatic rings. The lowest BCUT2D eigenvalue weighted by molar-refractivity contribution is 0.394.